The number of hydrogen-bond acceptors (Lipinski definition) is 2. The SMILES string of the molecule is Fc1cccc2nc(-c3cccc4c3oc3ccccc34)n(-c3cc(-c4ccccc4)ccc3-c3ccccc3)c12. The predicted molar refractivity (Wildman–Crippen MR) is 165 cm³/mol. The molecule has 4 heteroatoms. The Hall–Kier alpha value is -5.48. The van der Waals surface area contributed by atoms with E-state index in [9.17, 15) is 0 Å². The number of furan rings is 1. The lowest BCUT2D eigenvalue weighted by molar-refractivity contribution is 0.635. The fourth-order valence-electron chi connectivity index (χ4n) is 5.81. The zero-order valence-electron chi connectivity index (χ0n) is 22.0. The van der Waals surface area contributed by atoms with Gasteiger partial charge in [0.1, 0.15) is 28.3 Å². The molecule has 2 heterocycles. The number of para-hydroxylation sites is 3. The largest absolute Gasteiger partial charge is 0.455 e. The minimum absolute atomic E-state index is 0.331. The minimum atomic E-state index is -0.331. The summed E-state index contributed by atoms with van der Waals surface area (Å²) in [5.74, 6) is 0.291. The molecule has 0 unspecified atom stereocenters. The molecule has 0 aliphatic rings. The lowest BCUT2D eigenvalue weighted by Crippen LogP contribution is -2.02. The Morgan fingerprint density at radius 2 is 1.27 bits per heavy atom. The average Bonchev–Trinajstić information content (AvgIpc) is 3.61. The monoisotopic (exact) mass is 530 g/mol. The van der Waals surface area contributed by atoms with Gasteiger partial charge in [-0.2, -0.15) is 0 Å². The summed E-state index contributed by atoms with van der Waals surface area (Å²) in [6.07, 6.45) is 0. The number of halogens is 1. The second-order valence-corrected chi connectivity index (χ2v) is 10.1. The topological polar surface area (TPSA) is 31.0 Å². The van der Waals surface area contributed by atoms with Crippen molar-refractivity contribution in [2.45, 2.75) is 0 Å². The summed E-state index contributed by atoms with van der Waals surface area (Å²) >= 11 is 0. The van der Waals surface area contributed by atoms with Gasteiger partial charge in [0.25, 0.3) is 0 Å². The first-order valence-corrected chi connectivity index (χ1v) is 13.6. The third-order valence-corrected chi connectivity index (χ3v) is 7.70. The maximum atomic E-state index is 15.8. The van der Waals surface area contributed by atoms with Crippen molar-refractivity contribution in [3.8, 4) is 39.3 Å². The molecular weight excluding hydrogens is 507 g/mol. The second-order valence-electron chi connectivity index (χ2n) is 10.1. The van der Waals surface area contributed by atoms with E-state index in [0.717, 1.165) is 55.4 Å². The molecule has 2 aromatic heterocycles. The van der Waals surface area contributed by atoms with Gasteiger partial charge in [0, 0.05) is 16.3 Å². The zero-order valence-corrected chi connectivity index (χ0v) is 22.0. The van der Waals surface area contributed by atoms with Crippen molar-refractivity contribution in [2.24, 2.45) is 0 Å². The van der Waals surface area contributed by atoms with Crippen LogP contribution in [0.4, 0.5) is 4.39 Å². The molecule has 0 atom stereocenters. The van der Waals surface area contributed by atoms with Gasteiger partial charge in [-0.3, -0.25) is 4.57 Å². The van der Waals surface area contributed by atoms with Gasteiger partial charge in [-0.25, -0.2) is 9.37 Å². The van der Waals surface area contributed by atoms with Crippen molar-refractivity contribution in [1.82, 2.24) is 9.55 Å². The summed E-state index contributed by atoms with van der Waals surface area (Å²) < 4.78 is 24.2. The van der Waals surface area contributed by atoms with Crippen LogP contribution in [0.1, 0.15) is 0 Å². The molecule has 0 aliphatic carbocycles. The first kappa shape index (κ1) is 23.4. The lowest BCUT2D eigenvalue weighted by atomic mass is 9.97. The van der Waals surface area contributed by atoms with Crippen LogP contribution in [0.25, 0.3) is 72.3 Å². The molecule has 0 amide bonds. The van der Waals surface area contributed by atoms with E-state index in [1.54, 1.807) is 6.07 Å². The Balaban J connectivity index is 1.50. The maximum Gasteiger partial charge on any atom is 0.149 e. The van der Waals surface area contributed by atoms with Crippen LogP contribution >= 0.6 is 0 Å². The van der Waals surface area contributed by atoms with Gasteiger partial charge in [-0.05, 0) is 47.0 Å². The molecule has 8 aromatic rings. The number of aromatic nitrogens is 2. The summed E-state index contributed by atoms with van der Waals surface area (Å²) in [4.78, 5) is 5.04. The third kappa shape index (κ3) is 3.76. The number of imidazole rings is 1. The van der Waals surface area contributed by atoms with E-state index in [1.807, 2.05) is 77.4 Å². The highest BCUT2D eigenvalue weighted by Crippen LogP contribution is 2.41. The van der Waals surface area contributed by atoms with Crippen LogP contribution in [0.3, 0.4) is 0 Å². The standard InChI is InChI=1S/C37H23FN2O/c38-31-18-10-19-32-35(31)40(37(39-32)30-17-9-16-29-28-15-7-8-20-34(28)41-36(29)30)33-23-26(24-11-3-1-4-12-24)21-22-27(33)25-13-5-2-6-14-25/h1-23H. The summed E-state index contributed by atoms with van der Waals surface area (Å²) in [6.45, 7) is 0. The van der Waals surface area contributed by atoms with E-state index in [4.69, 9.17) is 9.40 Å². The van der Waals surface area contributed by atoms with E-state index in [0.29, 0.717) is 16.9 Å². The molecule has 6 aromatic carbocycles. The zero-order chi connectivity index (χ0) is 27.3. The van der Waals surface area contributed by atoms with Gasteiger partial charge < -0.3 is 4.42 Å². The highest BCUT2D eigenvalue weighted by Gasteiger charge is 2.23. The molecule has 0 radical (unpaired) electrons. The van der Waals surface area contributed by atoms with Gasteiger partial charge in [-0.15, -0.1) is 0 Å². The van der Waals surface area contributed by atoms with Crippen molar-refractivity contribution in [2.75, 3.05) is 0 Å². The first-order valence-electron chi connectivity index (χ1n) is 13.6. The van der Waals surface area contributed by atoms with Crippen LogP contribution in [0.2, 0.25) is 0 Å². The van der Waals surface area contributed by atoms with Crippen molar-refractivity contribution < 1.29 is 8.81 Å². The van der Waals surface area contributed by atoms with Crippen LogP contribution in [0.15, 0.2) is 144 Å². The van der Waals surface area contributed by atoms with Crippen molar-refractivity contribution in [3.63, 3.8) is 0 Å². The number of benzene rings is 6. The van der Waals surface area contributed by atoms with E-state index in [-0.39, 0.29) is 5.82 Å². The van der Waals surface area contributed by atoms with Crippen molar-refractivity contribution in [3.05, 3.63) is 145 Å². The van der Waals surface area contributed by atoms with Gasteiger partial charge in [0.2, 0.25) is 0 Å². The molecule has 0 saturated carbocycles. The Morgan fingerprint density at radius 1 is 0.561 bits per heavy atom. The average molecular weight is 531 g/mol. The highest BCUT2D eigenvalue weighted by atomic mass is 19.1. The molecule has 41 heavy (non-hydrogen) atoms. The molecule has 8 rings (SSSR count). The fraction of sp³-hybridized carbons (Fsp3) is 0. The molecule has 3 nitrogen and oxygen atoms in total. The predicted octanol–water partition coefficient (Wildman–Crippen LogP) is 10.1. The summed E-state index contributed by atoms with van der Waals surface area (Å²) in [7, 11) is 0. The maximum absolute atomic E-state index is 15.8. The van der Waals surface area contributed by atoms with E-state index < -0.39 is 0 Å². The van der Waals surface area contributed by atoms with Crippen molar-refractivity contribution in [1.29, 1.82) is 0 Å². The highest BCUT2D eigenvalue weighted by molar-refractivity contribution is 6.09. The van der Waals surface area contributed by atoms with Crippen LogP contribution in [0.5, 0.6) is 0 Å². The Labute approximate surface area is 235 Å². The summed E-state index contributed by atoms with van der Waals surface area (Å²) in [5.41, 5.74) is 8.32. The quantitative estimate of drug-likeness (QED) is 0.227. The third-order valence-electron chi connectivity index (χ3n) is 7.70. The lowest BCUT2D eigenvalue weighted by Gasteiger charge is -2.17. The van der Waals surface area contributed by atoms with Crippen LogP contribution < -0.4 is 0 Å². The molecule has 0 fully saturated rings. The summed E-state index contributed by atoms with van der Waals surface area (Å²) in [6, 6.07) is 46.0. The van der Waals surface area contributed by atoms with Gasteiger partial charge >= 0.3 is 0 Å². The number of hydrogen-bond donors (Lipinski definition) is 0. The van der Waals surface area contributed by atoms with Gasteiger partial charge in [0.15, 0.2) is 0 Å². The van der Waals surface area contributed by atoms with E-state index in [2.05, 4.69) is 54.6 Å². The second kappa shape index (κ2) is 9.32. The Bertz CT molecular complexity index is 2210. The molecular formula is C37H23FN2O. The summed E-state index contributed by atoms with van der Waals surface area (Å²) in [5, 5.41) is 2.03. The number of nitrogens with zero attached hydrogens (tertiary/aromatic N) is 2. The number of fused-ring (bicyclic) bond motifs is 4. The molecule has 0 bridgehead atoms. The number of rotatable bonds is 4. The molecule has 0 saturated heterocycles. The van der Waals surface area contributed by atoms with E-state index in [1.165, 1.54) is 6.07 Å². The fourth-order valence-corrected chi connectivity index (χ4v) is 5.81. The molecule has 194 valence electrons. The van der Waals surface area contributed by atoms with Crippen LogP contribution in [0, 0.1) is 5.82 Å². The van der Waals surface area contributed by atoms with Crippen LogP contribution in [-0.4, -0.2) is 9.55 Å². The smallest absolute Gasteiger partial charge is 0.149 e. The molecule has 0 N–H and O–H groups in total. The Morgan fingerprint density at radius 3 is 2.10 bits per heavy atom. The van der Waals surface area contributed by atoms with Crippen LogP contribution in [-0.2, 0) is 0 Å². The minimum Gasteiger partial charge on any atom is -0.455 e. The van der Waals surface area contributed by atoms with E-state index >= 15 is 4.39 Å². The van der Waals surface area contributed by atoms with Gasteiger partial charge in [0.05, 0.1) is 16.8 Å². The first-order chi connectivity index (χ1) is 20.3. The molecule has 0 spiro atoms. The van der Waals surface area contributed by atoms with Gasteiger partial charge in [-0.1, -0.05) is 109 Å². The normalized spacial score (nSPS) is 11.5. The Kier molecular flexibility index (Phi) is 5.32. The molecule has 0 aliphatic heterocycles. The van der Waals surface area contributed by atoms with Crippen molar-refractivity contribution >= 4 is 33.0 Å².